The van der Waals surface area contributed by atoms with Crippen LogP contribution in [0.4, 0.5) is 13.2 Å². The first-order valence-electron chi connectivity index (χ1n) is 6.65. The van der Waals surface area contributed by atoms with E-state index in [0.717, 1.165) is 12.8 Å². The van der Waals surface area contributed by atoms with Gasteiger partial charge in [0.05, 0.1) is 11.1 Å². The second kappa shape index (κ2) is 7.73. The maximum Gasteiger partial charge on any atom is 0.490 e. The molecule has 2 amide bonds. The van der Waals surface area contributed by atoms with Gasteiger partial charge in [0.1, 0.15) is 0 Å². The number of carboxylic acids is 1. The van der Waals surface area contributed by atoms with Gasteiger partial charge >= 0.3 is 12.1 Å². The minimum Gasteiger partial charge on any atom is -0.475 e. The van der Waals surface area contributed by atoms with Crippen LogP contribution in [0.15, 0.2) is 24.3 Å². The van der Waals surface area contributed by atoms with Crippen molar-refractivity contribution in [3.63, 3.8) is 0 Å². The van der Waals surface area contributed by atoms with Gasteiger partial charge in [0, 0.05) is 6.54 Å². The number of hydrogen-bond acceptors (Lipinski definition) is 4. The lowest BCUT2D eigenvalue weighted by atomic mass is 10.1. The molecule has 0 spiro atoms. The SMILES string of the molecule is NCCCCN1C(=O)c2ccccc2C1=O.O=C(O)C(F)(F)F. The zero-order chi connectivity index (χ0) is 17.6. The molecule has 0 aliphatic carbocycles. The van der Waals surface area contributed by atoms with E-state index in [-0.39, 0.29) is 11.8 Å². The number of fused-ring (bicyclic) bond motifs is 1. The number of carbonyl (C=O) groups is 3. The first-order chi connectivity index (χ1) is 10.7. The predicted octanol–water partition coefficient (Wildman–Crippen LogP) is 1.65. The largest absolute Gasteiger partial charge is 0.490 e. The normalized spacial score (nSPS) is 13.5. The third kappa shape index (κ3) is 4.78. The Morgan fingerprint density at radius 3 is 1.87 bits per heavy atom. The van der Waals surface area contributed by atoms with Gasteiger partial charge in [-0.3, -0.25) is 14.5 Å². The molecule has 0 fully saturated rings. The summed E-state index contributed by atoms with van der Waals surface area (Å²) in [4.78, 5) is 34.0. The van der Waals surface area contributed by atoms with Crippen LogP contribution < -0.4 is 5.73 Å². The van der Waals surface area contributed by atoms with Gasteiger partial charge in [0.2, 0.25) is 0 Å². The Labute approximate surface area is 129 Å². The number of halogens is 3. The molecule has 0 radical (unpaired) electrons. The number of rotatable bonds is 4. The summed E-state index contributed by atoms with van der Waals surface area (Å²) in [6, 6.07) is 6.93. The standard InChI is InChI=1S/C12H14N2O2.C2HF3O2/c13-7-3-4-8-14-11(15)9-5-1-2-6-10(9)12(14)16;3-2(4,5)1(6)7/h1-2,5-6H,3-4,7-8,13H2;(H,6,7). The van der Waals surface area contributed by atoms with Crippen molar-refractivity contribution in [3.05, 3.63) is 35.4 Å². The summed E-state index contributed by atoms with van der Waals surface area (Å²) in [6.45, 7) is 1.05. The lowest BCUT2D eigenvalue weighted by Crippen LogP contribution is -2.30. The highest BCUT2D eigenvalue weighted by Gasteiger charge is 2.38. The summed E-state index contributed by atoms with van der Waals surface area (Å²) >= 11 is 0. The topological polar surface area (TPSA) is 101 Å². The third-order valence-electron chi connectivity index (χ3n) is 2.96. The first-order valence-corrected chi connectivity index (χ1v) is 6.65. The highest BCUT2D eigenvalue weighted by atomic mass is 19.4. The number of alkyl halides is 3. The molecule has 1 aliphatic rings. The van der Waals surface area contributed by atoms with Gasteiger partial charge in [-0.05, 0) is 31.5 Å². The van der Waals surface area contributed by atoms with Crippen molar-refractivity contribution in [2.75, 3.05) is 13.1 Å². The first kappa shape index (κ1) is 18.6. The summed E-state index contributed by atoms with van der Waals surface area (Å²) in [6.07, 6.45) is -3.49. The minimum absolute atomic E-state index is 0.183. The molecular weight excluding hydrogens is 317 g/mol. The van der Waals surface area contributed by atoms with Crippen molar-refractivity contribution in [1.82, 2.24) is 4.90 Å². The Hall–Kier alpha value is -2.42. The number of benzene rings is 1. The summed E-state index contributed by atoms with van der Waals surface area (Å²) in [5.74, 6) is -3.12. The van der Waals surface area contributed by atoms with Crippen LogP contribution in [0.2, 0.25) is 0 Å². The number of aliphatic carboxylic acids is 1. The van der Waals surface area contributed by atoms with Crippen LogP contribution in [0.5, 0.6) is 0 Å². The van der Waals surface area contributed by atoms with Gasteiger partial charge in [-0.2, -0.15) is 13.2 Å². The molecule has 1 aromatic carbocycles. The number of carboxylic acid groups (broad SMARTS) is 1. The summed E-state index contributed by atoms with van der Waals surface area (Å²) in [5.41, 5.74) is 6.41. The highest BCUT2D eigenvalue weighted by molar-refractivity contribution is 6.21. The van der Waals surface area contributed by atoms with Gasteiger partial charge in [-0.25, -0.2) is 4.79 Å². The van der Waals surface area contributed by atoms with Crippen molar-refractivity contribution < 1.29 is 32.7 Å². The third-order valence-corrected chi connectivity index (χ3v) is 2.96. The van der Waals surface area contributed by atoms with E-state index in [4.69, 9.17) is 15.6 Å². The number of unbranched alkanes of at least 4 members (excludes halogenated alkanes) is 1. The molecule has 1 heterocycles. The molecule has 0 aromatic heterocycles. The van der Waals surface area contributed by atoms with Crippen molar-refractivity contribution in [2.24, 2.45) is 5.73 Å². The molecule has 126 valence electrons. The fourth-order valence-corrected chi connectivity index (χ4v) is 1.86. The second-order valence-corrected chi connectivity index (χ2v) is 4.61. The summed E-state index contributed by atoms with van der Waals surface area (Å²) in [7, 11) is 0. The predicted molar refractivity (Wildman–Crippen MR) is 73.8 cm³/mol. The number of hydrogen-bond donors (Lipinski definition) is 2. The maximum atomic E-state index is 11.9. The van der Waals surface area contributed by atoms with Crippen molar-refractivity contribution in [3.8, 4) is 0 Å². The van der Waals surface area contributed by atoms with Crippen molar-refractivity contribution >= 4 is 17.8 Å². The zero-order valence-corrected chi connectivity index (χ0v) is 12.0. The molecule has 0 bridgehead atoms. The molecule has 0 saturated carbocycles. The molecule has 1 aliphatic heterocycles. The minimum atomic E-state index is -5.08. The van der Waals surface area contributed by atoms with E-state index in [1.165, 1.54) is 4.90 Å². The lowest BCUT2D eigenvalue weighted by molar-refractivity contribution is -0.192. The zero-order valence-electron chi connectivity index (χ0n) is 12.0. The van der Waals surface area contributed by atoms with Crippen LogP contribution in [-0.4, -0.2) is 47.1 Å². The van der Waals surface area contributed by atoms with E-state index in [0.29, 0.717) is 24.2 Å². The van der Waals surface area contributed by atoms with Gasteiger partial charge in [0.15, 0.2) is 0 Å². The molecule has 2 rings (SSSR count). The van der Waals surface area contributed by atoms with E-state index in [1.54, 1.807) is 24.3 Å². The molecule has 3 N–H and O–H groups in total. The van der Waals surface area contributed by atoms with Crippen LogP contribution in [0.25, 0.3) is 0 Å². The molecule has 9 heteroatoms. The fraction of sp³-hybridized carbons (Fsp3) is 0.357. The highest BCUT2D eigenvalue weighted by Crippen LogP contribution is 2.22. The lowest BCUT2D eigenvalue weighted by Gasteiger charge is -2.12. The number of carbonyl (C=O) groups excluding carboxylic acids is 2. The number of nitrogens with zero attached hydrogens (tertiary/aromatic N) is 1. The van der Waals surface area contributed by atoms with Crippen molar-refractivity contribution in [1.29, 1.82) is 0 Å². The van der Waals surface area contributed by atoms with Gasteiger partial charge < -0.3 is 10.8 Å². The fourth-order valence-electron chi connectivity index (χ4n) is 1.86. The summed E-state index contributed by atoms with van der Waals surface area (Å²) in [5, 5.41) is 7.12. The molecular formula is C14H15F3N2O4. The number of amides is 2. The Balaban J connectivity index is 0.000000322. The van der Waals surface area contributed by atoms with Gasteiger partial charge in [0.25, 0.3) is 11.8 Å². The van der Waals surface area contributed by atoms with Crippen LogP contribution in [0, 0.1) is 0 Å². The maximum absolute atomic E-state index is 11.9. The van der Waals surface area contributed by atoms with Crippen LogP contribution in [0.3, 0.4) is 0 Å². The average molecular weight is 332 g/mol. The van der Waals surface area contributed by atoms with E-state index < -0.39 is 12.1 Å². The van der Waals surface area contributed by atoms with Gasteiger partial charge in [-0.1, -0.05) is 12.1 Å². The second-order valence-electron chi connectivity index (χ2n) is 4.61. The van der Waals surface area contributed by atoms with Crippen LogP contribution in [0.1, 0.15) is 33.6 Å². The Morgan fingerprint density at radius 2 is 1.52 bits per heavy atom. The Kier molecular flexibility index (Phi) is 6.26. The molecule has 6 nitrogen and oxygen atoms in total. The number of nitrogens with two attached hydrogens (primary N) is 1. The summed E-state index contributed by atoms with van der Waals surface area (Å²) < 4.78 is 31.7. The van der Waals surface area contributed by atoms with Crippen molar-refractivity contribution in [2.45, 2.75) is 19.0 Å². The average Bonchev–Trinajstić information content (AvgIpc) is 2.72. The van der Waals surface area contributed by atoms with Crippen LogP contribution >= 0.6 is 0 Å². The van der Waals surface area contributed by atoms with Crippen LogP contribution in [-0.2, 0) is 4.79 Å². The van der Waals surface area contributed by atoms with Gasteiger partial charge in [-0.15, -0.1) is 0 Å². The quantitative estimate of drug-likeness (QED) is 0.645. The molecule has 23 heavy (non-hydrogen) atoms. The van der Waals surface area contributed by atoms with E-state index >= 15 is 0 Å². The van der Waals surface area contributed by atoms with E-state index in [2.05, 4.69) is 0 Å². The molecule has 0 unspecified atom stereocenters. The monoisotopic (exact) mass is 332 g/mol. The van der Waals surface area contributed by atoms with E-state index in [9.17, 15) is 22.8 Å². The smallest absolute Gasteiger partial charge is 0.475 e. The Morgan fingerprint density at radius 1 is 1.09 bits per heavy atom. The van der Waals surface area contributed by atoms with E-state index in [1.807, 2.05) is 0 Å². The number of imide groups is 1. The molecule has 0 atom stereocenters. The Bertz CT molecular complexity index is 567. The molecule has 1 aromatic rings. The molecule has 0 saturated heterocycles.